The summed E-state index contributed by atoms with van der Waals surface area (Å²) in [5, 5.41) is 14.0. The maximum atomic E-state index is 13.0. The maximum Gasteiger partial charge on any atom is 0.472 e. The predicted molar refractivity (Wildman–Crippen MR) is 346 cm³/mol. The fraction of sp³-hybridized carbons (Fsp3) is 0.871. The molecule has 0 radical (unpaired) electrons. The molecule has 0 aliphatic rings. The van der Waals surface area contributed by atoms with Gasteiger partial charge in [0.15, 0.2) is 0 Å². The lowest BCUT2D eigenvalue weighted by molar-refractivity contribution is -0.870. The number of hydrogen-bond donors (Lipinski definition) is 3. The minimum atomic E-state index is -4.37. The van der Waals surface area contributed by atoms with Gasteiger partial charge in [-0.15, -0.1) is 0 Å². The second-order valence-electron chi connectivity index (χ2n) is 24.9. The number of carbonyl (C=O) groups is 1. The number of nitrogens with one attached hydrogen (secondary N) is 1. The molecule has 3 N–H and O–H groups in total. The number of hydrogen-bond acceptors (Lipinski definition) is 5. The average Bonchev–Trinajstić information content (AvgIpc) is 3.42. The molecule has 79 heavy (non-hydrogen) atoms. The molecule has 3 unspecified atom stereocenters. The fourth-order valence-corrected chi connectivity index (χ4v) is 11.1. The molecule has 0 saturated heterocycles. The maximum absolute atomic E-state index is 13.0. The Morgan fingerprint density at radius 1 is 0.418 bits per heavy atom. The van der Waals surface area contributed by atoms with E-state index in [-0.39, 0.29) is 19.1 Å². The van der Waals surface area contributed by atoms with Gasteiger partial charge in [0.05, 0.1) is 39.9 Å². The van der Waals surface area contributed by atoms with Crippen LogP contribution in [0.4, 0.5) is 0 Å². The lowest BCUT2D eigenvalue weighted by Crippen LogP contribution is -2.45. The van der Waals surface area contributed by atoms with Crippen LogP contribution in [0.1, 0.15) is 341 Å². The third-order valence-electron chi connectivity index (χ3n) is 15.7. The molecule has 0 aliphatic carbocycles. The van der Waals surface area contributed by atoms with E-state index in [0.29, 0.717) is 17.4 Å². The molecule has 0 bridgehead atoms. The molecule has 0 aliphatic heterocycles. The Bertz CT molecular complexity index is 1430. The van der Waals surface area contributed by atoms with E-state index in [9.17, 15) is 19.4 Å². The Labute approximate surface area is 492 Å². The molecule has 3 atom stereocenters. The summed E-state index contributed by atoms with van der Waals surface area (Å²) in [5.74, 6) is -0.186. The van der Waals surface area contributed by atoms with E-state index in [1.165, 1.54) is 276 Å². The fourth-order valence-electron chi connectivity index (χ4n) is 10.4. The van der Waals surface area contributed by atoms with Gasteiger partial charge >= 0.3 is 7.82 Å². The van der Waals surface area contributed by atoms with Crippen molar-refractivity contribution in [2.45, 2.75) is 353 Å². The van der Waals surface area contributed by atoms with Crippen LogP contribution in [-0.2, 0) is 18.4 Å². The molecular weight excluding hydrogens is 996 g/mol. The van der Waals surface area contributed by atoms with E-state index in [0.717, 1.165) is 44.9 Å². The van der Waals surface area contributed by atoms with Gasteiger partial charge in [0.1, 0.15) is 13.2 Å². The number of rotatable bonds is 64. The van der Waals surface area contributed by atoms with Crippen molar-refractivity contribution in [3.63, 3.8) is 0 Å². The van der Waals surface area contributed by atoms with Crippen molar-refractivity contribution < 1.29 is 32.9 Å². The normalized spacial score (nSPS) is 14.0. The number of aliphatic hydroxyl groups is 1. The summed E-state index contributed by atoms with van der Waals surface area (Å²) >= 11 is 0. The largest absolute Gasteiger partial charge is 0.472 e. The van der Waals surface area contributed by atoms with E-state index in [1.54, 1.807) is 6.08 Å². The van der Waals surface area contributed by atoms with Crippen LogP contribution < -0.4 is 5.32 Å². The third-order valence-corrected chi connectivity index (χ3v) is 16.7. The van der Waals surface area contributed by atoms with Gasteiger partial charge in [-0.25, -0.2) is 4.57 Å². The minimum absolute atomic E-state index is 0.0540. The average molecular weight is 1130 g/mol. The summed E-state index contributed by atoms with van der Waals surface area (Å²) in [6, 6.07) is -0.871. The molecule has 0 fully saturated rings. The number of likely N-dealkylation sites (N-methyl/N-ethyl adjacent to an activating group) is 1. The van der Waals surface area contributed by atoms with Gasteiger partial charge in [-0.05, 0) is 70.6 Å². The molecule has 1 amide bonds. The van der Waals surface area contributed by atoms with Crippen LogP contribution in [-0.4, -0.2) is 73.4 Å². The molecule has 0 saturated carbocycles. The zero-order valence-electron chi connectivity index (χ0n) is 53.4. The van der Waals surface area contributed by atoms with E-state index >= 15 is 0 Å². The van der Waals surface area contributed by atoms with Gasteiger partial charge in [0, 0.05) is 6.42 Å². The van der Waals surface area contributed by atoms with Crippen molar-refractivity contribution in [2.75, 3.05) is 40.9 Å². The summed E-state index contributed by atoms with van der Waals surface area (Å²) in [4.78, 5) is 23.4. The van der Waals surface area contributed by atoms with Gasteiger partial charge in [0.2, 0.25) is 5.91 Å². The monoisotopic (exact) mass is 1130 g/mol. The number of phosphoric ester groups is 1. The highest BCUT2D eigenvalue weighted by Crippen LogP contribution is 2.43. The first kappa shape index (κ1) is 77.5. The quantitative estimate of drug-likeness (QED) is 0.0243. The highest BCUT2D eigenvalue weighted by atomic mass is 31.2. The van der Waals surface area contributed by atoms with Crippen molar-refractivity contribution in [3.05, 3.63) is 48.6 Å². The minimum Gasteiger partial charge on any atom is -0.387 e. The molecule has 0 rings (SSSR count). The summed E-state index contributed by atoms with van der Waals surface area (Å²) in [6.07, 6.45) is 82.6. The highest BCUT2D eigenvalue weighted by Gasteiger charge is 2.28. The first-order valence-electron chi connectivity index (χ1n) is 34.5. The van der Waals surface area contributed by atoms with Crippen LogP contribution in [0.5, 0.6) is 0 Å². The topological polar surface area (TPSA) is 105 Å². The smallest absolute Gasteiger partial charge is 0.387 e. The molecular formula is C70H136N2O6P+. The standard InChI is InChI=1S/C70H135N2O6P/c1-6-8-10-12-14-16-18-20-22-24-26-28-30-32-34-35-36-38-39-41-43-45-47-49-51-53-55-57-59-61-63-69(73)68(67-78-79(75,76)77-66-65-72(3,4)5)71-70(74)64-62-60-58-56-54-52-50-48-46-44-42-40-37-33-31-29-27-25-23-21-19-17-15-13-11-9-7-2/h25,27,45,47,53,55,61,63,68-69,73H,6-24,26,28-44,46,48-52,54,56-60,62,64-67H2,1-5H3,(H-,71,74,75,76)/p+1/b27-25-,47-45+,55-53+,63-61+. The van der Waals surface area contributed by atoms with E-state index in [4.69, 9.17) is 9.05 Å². The van der Waals surface area contributed by atoms with Crippen LogP contribution in [0.15, 0.2) is 48.6 Å². The second kappa shape index (κ2) is 61.0. The van der Waals surface area contributed by atoms with Crippen LogP contribution in [0.25, 0.3) is 0 Å². The van der Waals surface area contributed by atoms with Crippen LogP contribution in [0, 0.1) is 0 Å². The van der Waals surface area contributed by atoms with Crippen molar-refractivity contribution >= 4 is 13.7 Å². The van der Waals surface area contributed by atoms with E-state index < -0.39 is 20.0 Å². The second-order valence-corrected chi connectivity index (χ2v) is 26.3. The first-order valence-corrected chi connectivity index (χ1v) is 36.0. The Morgan fingerprint density at radius 3 is 1.01 bits per heavy atom. The van der Waals surface area contributed by atoms with Gasteiger partial charge in [-0.2, -0.15) is 0 Å². The lowest BCUT2D eigenvalue weighted by Gasteiger charge is -2.25. The number of allylic oxidation sites excluding steroid dienone is 7. The molecule has 0 spiro atoms. The predicted octanol–water partition coefficient (Wildman–Crippen LogP) is 21.8. The van der Waals surface area contributed by atoms with Gasteiger partial charge in [-0.1, -0.05) is 313 Å². The summed E-state index contributed by atoms with van der Waals surface area (Å²) in [5.41, 5.74) is 0. The zero-order valence-corrected chi connectivity index (χ0v) is 54.3. The van der Waals surface area contributed by atoms with E-state index in [1.807, 2.05) is 27.2 Å². The van der Waals surface area contributed by atoms with Crippen molar-refractivity contribution in [1.82, 2.24) is 5.32 Å². The molecule has 0 aromatic carbocycles. The molecule has 8 nitrogen and oxygen atoms in total. The third kappa shape index (κ3) is 63.9. The zero-order chi connectivity index (χ0) is 57.7. The van der Waals surface area contributed by atoms with Crippen LogP contribution >= 0.6 is 7.82 Å². The van der Waals surface area contributed by atoms with Crippen LogP contribution in [0.2, 0.25) is 0 Å². The summed E-state index contributed by atoms with van der Waals surface area (Å²) in [6.45, 7) is 4.84. The summed E-state index contributed by atoms with van der Waals surface area (Å²) < 4.78 is 23.8. The molecule has 466 valence electrons. The first-order chi connectivity index (χ1) is 38.5. The van der Waals surface area contributed by atoms with Crippen LogP contribution in [0.3, 0.4) is 0 Å². The van der Waals surface area contributed by atoms with Crippen molar-refractivity contribution in [1.29, 1.82) is 0 Å². The number of amides is 1. The SMILES string of the molecule is CCCCCCCCCC/C=C\CCCCCCCCCCCCCCCCCC(=O)NC(COP(=O)(O)OCC[N+](C)(C)C)C(O)/C=C/CC/C=C/CC/C=C/CCCCCCCCCCCCCCCCCCCCCC. The molecule has 9 heteroatoms. The van der Waals surface area contributed by atoms with Crippen molar-refractivity contribution in [3.8, 4) is 0 Å². The van der Waals surface area contributed by atoms with Gasteiger partial charge < -0.3 is 19.8 Å². The number of aliphatic hydroxyl groups excluding tert-OH is 1. The Morgan fingerprint density at radius 2 is 0.696 bits per heavy atom. The number of carbonyl (C=O) groups excluding carboxylic acids is 1. The van der Waals surface area contributed by atoms with E-state index in [2.05, 4.69) is 55.6 Å². The number of unbranched alkanes of at least 4 members (excludes halogenated alkanes) is 45. The molecule has 0 aromatic heterocycles. The van der Waals surface area contributed by atoms with Crippen molar-refractivity contribution in [2.24, 2.45) is 0 Å². The Balaban J connectivity index is 4.14. The number of quaternary nitrogens is 1. The molecule has 0 heterocycles. The summed E-state index contributed by atoms with van der Waals surface area (Å²) in [7, 11) is 1.56. The number of nitrogens with zero attached hydrogens (tertiary/aromatic N) is 1. The lowest BCUT2D eigenvalue weighted by atomic mass is 10.0. The molecule has 0 aromatic rings. The highest BCUT2D eigenvalue weighted by molar-refractivity contribution is 7.47. The number of phosphoric acid groups is 1. The van der Waals surface area contributed by atoms with Gasteiger partial charge in [0.25, 0.3) is 0 Å². The van der Waals surface area contributed by atoms with Gasteiger partial charge in [-0.3, -0.25) is 13.8 Å². The Kier molecular flexibility index (Phi) is 59.8. The Hall–Kier alpha value is -1.54.